The maximum Gasteiger partial charge on any atom is 0.269 e. The van der Waals surface area contributed by atoms with Crippen LogP contribution in [-0.4, -0.2) is 14.7 Å². The molecule has 1 heterocycles. The lowest BCUT2D eigenvalue weighted by Crippen LogP contribution is -1.94. The molecule has 0 saturated carbocycles. The van der Waals surface area contributed by atoms with Gasteiger partial charge in [0.2, 0.25) is 0 Å². The van der Waals surface area contributed by atoms with E-state index in [0.717, 1.165) is 5.69 Å². The van der Waals surface area contributed by atoms with Gasteiger partial charge in [-0.15, -0.1) is 0 Å². The van der Waals surface area contributed by atoms with Crippen LogP contribution in [0.2, 0.25) is 0 Å². The van der Waals surface area contributed by atoms with Crippen LogP contribution in [0, 0.1) is 21.4 Å². The van der Waals surface area contributed by atoms with E-state index in [1.807, 2.05) is 30.3 Å². The SMILES string of the molecule is N#Cc1cn(-c2ccccc2)nc1-c1ccc([N+](=O)[O-])cc1. The second kappa shape index (κ2) is 5.50. The molecule has 0 unspecified atom stereocenters. The van der Waals surface area contributed by atoms with E-state index >= 15 is 0 Å². The molecule has 22 heavy (non-hydrogen) atoms. The van der Waals surface area contributed by atoms with Crippen molar-refractivity contribution in [3.63, 3.8) is 0 Å². The van der Waals surface area contributed by atoms with Crippen molar-refractivity contribution >= 4 is 5.69 Å². The van der Waals surface area contributed by atoms with Crippen molar-refractivity contribution in [2.75, 3.05) is 0 Å². The Morgan fingerprint density at radius 1 is 1.09 bits per heavy atom. The highest BCUT2D eigenvalue weighted by molar-refractivity contribution is 5.67. The van der Waals surface area contributed by atoms with Crippen molar-refractivity contribution < 1.29 is 4.92 Å². The van der Waals surface area contributed by atoms with E-state index in [0.29, 0.717) is 16.8 Å². The Kier molecular flexibility index (Phi) is 3.38. The third-order valence-corrected chi connectivity index (χ3v) is 3.21. The van der Waals surface area contributed by atoms with Gasteiger partial charge in [-0.1, -0.05) is 18.2 Å². The van der Waals surface area contributed by atoms with Gasteiger partial charge in [-0.2, -0.15) is 10.4 Å². The summed E-state index contributed by atoms with van der Waals surface area (Å²) >= 11 is 0. The average Bonchev–Trinajstić information content (AvgIpc) is 3.00. The number of nitro benzene ring substituents is 1. The third-order valence-electron chi connectivity index (χ3n) is 3.21. The molecule has 106 valence electrons. The van der Waals surface area contributed by atoms with E-state index in [2.05, 4.69) is 11.2 Å². The normalized spacial score (nSPS) is 10.1. The molecule has 6 nitrogen and oxygen atoms in total. The predicted octanol–water partition coefficient (Wildman–Crippen LogP) is 3.32. The molecular formula is C16H10N4O2. The fraction of sp³-hybridized carbons (Fsp3) is 0. The maximum absolute atomic E-state index is 10.7. The summed E-state index contributed by atoms with van der Waals surface area (Å²) in [6.07, 6.45) is 1.64. The minimum atomic E-state index is -0.461. The number of aromatic nitrogens is 2. The molecule has 0 saturated heterocycles. The summed E-state index contributed by atoms with van der Waals surface area (Å²) in [5.41, 5.74) is 2.42. The number of hydrogen-bond acceptors (Lipinski definition) is 4. The van der Waals surface area contributed by atoms with Gasteiger partial charge in [0.05, 0.1) is 16.2 Å². The zero-order chi connectivity index (χ0) is 15.5. The molecule has 0 aliphatic rings. The Morgan fingerprint density at radius 2 is 1.77 bits per heavy atom. The molecule has 0 amide bonds. The fourth-order valence-corrected chi connectivity index (χ4v) is 2.12. The molecule has 0 radical (unpaired) electrons. The minimum absolute atomic E-state index is 0.00440. The Morgan fingerprint density at radius 3 is 2.36 bits per heavy atom. The highest BCUT2D eigenvalue weighted by atomic mass is 16.6. The number of rotatable bonds is 3. The Labute approximate surface area is 126 Å². The Hall–Kier alpha value is -3.46. The van der Waals surface area contributed by atoms with Crippen LogP contribution in [-0.2, 0) is 0 Å². The van der Waals surface area contributed by atoms with Gasteiger partial charge in [0.1, 0.15) is 11.8 Å². The van der Waals surface area contributed by atoms with Gasteiger partial charge in [0, 0.05) is 23.9 Å². The van der Waals surface area contributed by atoms with Gasteiger partial charge in [0.25, 0.3) is 5.69 Å². The van der Waals surface area contributed by atoms with Gasteiger partial charge < -0.3 is 0 Å². The van der Waals surface area contributed by atoms with Crippen LogP contribution in [0.5, 0.6) is 0 Å². The summed E-state index contributed by atoms with van der Waals surface area (Å²) in [6.45, 7) is 0. The summed E-state index contributed by atoms with van der Waals surface area (Å²) in [5.74, 6) is 0. The molecule has 3 aromatic rings. The second-order valence-corrected chi connectivity index (χ2v) is 4.59. The summed E-state index contributed by atoms with van der Waals surface area (Å²) in [5, 5.41) is 24.4. The van der Waals surface area contributed by atoms with Crippen molar-refractivity contribution in [1.82, 2.24) is 9.78 Å². The molecule has 0 N–H and O–H groups in total. The number of benzene rings is 2. The lowest BCUT2D eigenvalue weighted by molar-refractivity contribution is -0.384. The van der Waals surface area contributed by atoms with E-state index in [1.165, 1.54) is 12.1 Å². The first kappa shape index (κ1) is 13.5. The third kappa shape index (κ3) is 2.43. The van der Waals surface area contributed by atoms with Crippen LogP contribution in [0.1, 0.15) is 5.56 Å². The molecular weight excluding hydrogens is 280 g/mol. The largest absolute Gasteiger partial charge is 0.269 e. The smallest absolute Gasteiger partial charge is 0.258 e. The first-order chi connectivity index (χ1) is 10.7. The molecule has 0 aliphatic heterocycles. The minimum Gasteiger partial charge on any atom is -0.258 e. The number of para-hydroxylation sites is 1. The number of nitro groups is 1. The van der Waals surface area contributed by atoms with Gasteiger partial charge in [0.15, 0.2) is 0 Å². The van der Waals surface area contributed by atoms with Crippen LogP contribution in [0.25, 0.3) is 16.9 Å². The van der Waals surface area contributed by atoms with Gasteiger partial charge in [-0.05, 0) is 24.3 Å². The van der Waals surface area contributed by atoms with Crippen molar-refractivity contribution in [3.8, 4) is 23.0 Å². The highest BCUT2D eigenvalue weighted by Gasteiger charge is 2.13. The molecule has 0 fully saturated rings. The van der Waals surface area contributed by atoms with Crippen LogP contribution in [0.3, 0.4) is 0 Å². The summed E-state index contributed by atoms with van der Waals surface area (Å²) in [6, 6.07) is 17.5. The Balaban J connectivity index is 2.06. The lowest BCUT2D eigenvalue weighted by Gasteiger charge is -2.00. The predicted molar refractivity (Wildman–Crippen MR) is 80.4 cm³/mol. The van der Waals surface area contributed by atoms with Crippen molar-refractivity contribution in [2.45, 2.75) is 0 Å². The summed E-state index contributed by atoms with van der Waals surface area (Å²) in [4.78, 5) is 10.2. The monoisotopic (exact) mass is 290 g/mol. The number of non-ortho nitro benzene ring substituents is 1. The summed E-state index contributed by atoms with van der Waals surface area (Å²) < 4.78 is 1.62. The molecule has 3 rings (SSSR count). The average molecular weight is 290 g/mol. The molecule has 0 spiro atoms. The van der Waals surface area contributed by atoms with Crippen molar-refractivity contribution in [1.29, 1.82) is 5.26 Å². The van der Waals surface area contributed by atoms with Gasteiger partial charge in [-0.25, -0.2) is 4.68 Å². The van der Waals surface area contributed by atoms with Crippen LogP contribution >= 0.6 is 0 Å². The highest BCUT2D eigenvalue weighted by Crippen LogP contribution is 2.25. The van der Waals surface area contributed by atoms with E-state index in [4.69, 9.17) is 0 Å². The molecule has 2 aromatic carbocycles. The first-order valence-electron chi connectivity index (χ1n) is 6.49. The van der Waals surface area contributed by atoms with E-state index < -0.39 is 4.92 Å². The van der Waals surface area contributed by atoms with Crippen LogP contribution in [0.4, 0.5) is 5.69 Å². The number of nitriles is 1. The maximum atomic E-state index is 10.7. The Bertz CT molecular complexity index is 861. The first-order valence-corrected chi connectivity index (χ1v) is 6.49. The number of nitrogens with zero attached hydrogens (tertiary/aromatic N) is 4. The van der Waals surface area contributed by atoms with Crippen molar-refractivity contribution in [2.24, 2.45) is 0 Å². The van der Waals surface area contributed by atoms with E-state index in [9.17, 15) is 15.4 Å². The van der Waals surface area contributed by atoms with E-state index in [1.54, 1.807) is 23.0 Å². The zero-order valence-electron chi connectivity index (χ0n) is 11.4. The lowest BCUT2D eigenvalue weighted by atomic mass is 10.1. The topological polar surface area (TPSA) is 84.8 Å². The standard InChI is InChI=1S/C16H10N4O2/c17-10-13-11-19(14-4-2-1-3-5-14)18-16(13)12-6-8-15(9-7-12)20(21)22/h1-9,11H. The van der Waals surface area contributed by atoms with E-state index in [-0.39, 0.29) is 5.69 Å². The van der Waals surface area contributed by atoms with Crippen LogP contribution in [0.15, 0.2) is 60.8 Å². The molecule has 6 heteroatoms. The molecule has 0 atom stereocenters. The molecule has 1 aromatic heterocycles. The quantitative estimate of drug-likeness (QED) is 0.547. The van der Waals surface area contributed by atoms with Crippen molar-refractivity contribution in [3.05, 3.63) is 76.5 Å². The van der Waals surface area contributed by atoms with Gasteiger partial charge >= 0.3 is 0 Å². The van der Waals surface area contributed by atoms with Gasteiger partial charge in [-0.3, -0.25) is 10.1 Å². The molecule has 0 bridgehead atoms. The van der Waals surface area contributed by atoms with Crippen LogP contribution < -0.4 is 0 Å². The number of hydrogen-bond donors (Lipinski definition) is 0. The molecule has 0 aliphatic carbocycles. The second-order valence-electron chi connectivity index (χ2n) is 4.59. The zero-order valence-corrected chi connectivity index (χ0v) is 11.4. The summed E-state index contributed by atoms with van der Waals surface area (Å²) in [7, 11) is 0. The fourth-order valence-electron chi connectivity index (χ4n) is 2.12.